The van der Waals surface area contributed by atoms with E-state index in [2.05, 4.69) is 0 Å². The maximum atomic E-state index is 14.0. The minimum atomic E-state index is -0.381. The number of ether oxygens (including phenoxy) is 2. The molecule has 0 aliphatic heterocycles. The largest absolute Gasteiger partial charge is 0.493 e. The zero-order chi connectivity index (χ0) is 14.7. The Bertz CT molecular complexity index is 650. The van der Waals surface area contributed by atoms with E-state index in [0.29, 0.717) is 28.2 Å². The molecule has 20 heavy (non-hydrogen) atoms. The Kier molecular flexibility index (Phi) is 4.03. The fraction of sp³-hybridized carbons (Fsp3) is 0.188. The summed E-state index contributed by atoms with van der Waals surface area (Å²) in [6, 6.07) is 9.54. The third-order valence-corrected chi connectivity index (χ3v) is 3.05. The Morgan fingerprint density at radius 1 is 1.05 bits per heavy atom. The summed E-state index contributed by atoms with van der Waals surface area (Å²) < 4.78 is 24.5. The van der Waals surface area contributed by atoms with Crippen LogP contribution in [0.25, 0.3) is 11.1 Å². The molecule has 0 saturated heterocycles. The standard InChI is InChI=1S/C16H15FO3/c1-10(18)11-8-13(12-6-4-5-7-14(12)17)16(20-3)15(9-11)19-2/h4-9H,1-3H3. The number of Topliss-reactive ketones (excluding diaryl/α,β-unsaturated/α-hetero) is 1. The number of hydrogen-bond donors (Lipinski definition) is 0. The summed E-state index contributed by atoms with van der Waals surface area (Å²) in [5.41, 5.74) is 1.31. The van der Waals surface area contributed by atoms with Gasteiger partial charge in [0.15, 0.2) is 17.3 Å². The van der Waals surface area contributed by atoms with E-state index in [9.17, 15) is 9.18 Å². The normalized spacial score (nSPS) is 10.2. The van der Waals surface area contributed by atoms with E-state index < -0.39 is 0 Å². The molecule has 0 amide bonds. The lowest BCUT2D eigenvalue weighted by atomic mass is 9.99. The van der Waals surface area contributed by atoms with Gasteiger partial charge in [-0.05, 0) is 25.1 Å². The average molecular weight is 274 g/mol. The lowest BCUT2D eigenvalue weighted by molar-refractivity contribution is 0.101. The van der Waals surface area contributed by atoms with Gasteiger partial charge in [0.05, 0.1) is 14.2 Å². The minimum Gasteiger partial charge on any atom is -0.493 e. The Labute approximate surface area is 117 Å². The van der Waals surface area contributed by atoms with Gasteiger partial charge in [0.2, 0.25) is 0 Å². The molecule has 0 atom stereocenters. The van der Waals surface area contributed by atoms with Gasteiger partial charge in [-0.15, -0.1) is 0 Å². The number of halogens is 1. The van der Waals surface area contributed by atoms with Crippen LogP contribution >= 0.6 is 0 Å². The molecule has 3 nitrogen and oxygen atoms in total. The van der Waals surface area contributed by atoms with E-state index in [1.54, 1.807) is 30.3 Å². The number of carbonyl (C=O) groups is 1. The zero-order valence-corrected chi connectivity index (χ0v) is 11.6. The number of methoxy groups -OCH3 is 2. The van der Waals surface area contributed by atoms with Gasteiger partial charge in [0.25, 0.3) is 0 Å². The van der Waals surface area contributed by atoms with Crippen LogP contribution in [0.2, 0.25) is 0 Å². The third-order valence-electron chi connectivity index (χ3n) is 3.05. The van der Waals surface area contributed by atoms with Gasteiger partial charge < -0.3 is 9.47 Å². The van der Waals surface area contributed by atoms with E-state index >= 15 is 0 Å². The average Bonchev–Trinajstić information content (AvgIpc) is 2.46. The summed E-state index contributed by atoms with van der Waals surface area (Å²) in [7, 11) is 2.96. The first-order valence-corrected chi connectivity index (χ1v) is 6.10. The second-order valence-electron chi connectivity index (χ2n) is 4.30. The SMILES string of the molecule is COc1cc(C(C)=O)cc(-c2ccccc2F)c1OC. The second kappa shape index (κ2) is 5.74. The predicted octanol–water partition coefficient (Wildman–Crippen LogP) is 3.71. The molecule has 0 heterocycles. The molecule has 0 bridgehead atoms. The van der Waals surface area contributed by atoms with Crippen LogP contribution in [0.5, 0.6) is 11.5 Å². The lowest BCUT2D eigenvalue weighted by Gasteiger charge is -2.15. The molecule has 104 valence electrons. The number of carbonyl (C=O) groups excluding carboxylic acids is 1. The molecule has 0 unspecified atom stereocenters. The summed E-state index contributed by atoms with van der Waals surface area (Å²) in [6.07, 6.45) is 0. The summed E-state index contributed by atoms with van der Waals surface area (Å²) in [5.74, 6) is 0.304. The van der Waals surface area contributed by atoms with E-state index in [-0.39, 0.29) is 11.6 Å². The van der Waals surface area contributed by atoms with Crippen molar-refractivity contribution < 1.29 is 18.7 Å². The minimum absolute atomic E-state index is 0.122. The van der Waals surface area contributed by atoms with Crippen LogP contribution in [0, 0.1) is 5.82 Å². The summed E-state index contributed by atoms with van der Waals surface area (Å²) in [5, 5.41) is 0. The van der Waals surface area contributed by atoms with Crippen LogP contribution in [0.4, 0.5) is 4.39 Å². The molecule has 0 aromatic heterocycles. The van der Waals surface area contributed by atoms with Crippen molar-refractivity contribution in [1.29, 1.82) is 0 Å². The molecule has 2 aromatic carbocycles. The van der Waals surface area contributed by atoms with Crippen molar-refractivity contribution in [2.45, 2.75) is 6.92 Å². The van der Waals surface area contributed by atoms with Crippen LogP contribution in [-0.4, -0.2) is 20.0 Å². The highest BCUT2D eigenvalue weighted by Crippen LogP contribution is 2.40. The molecule has 0 spiro atoms. The fourth-order valence-electron chi connectivity index (χ4n) is 2.05. The molecule has 0 fully saturated rings. The quantitative estimate of drug-likeness (QED) is 0.797. The number of ketones is 1. The number of rotatable bonds is 4. The van der Waals surface area contributed by atoms with E-state index in [1.165, 1.54) is 27.2 Å². The van der Waals surface area contributed by atoms with Crippen molar-refractivity contribution in [3.63, 3.8) is 0 Å². The van der Waals surface area contributed by atoms with Crippen LogP contribution in [-0.2, 0) is 0 Å². The predicted molar refractivity (Wildman–Crippen MR) is 74.9 cm³/mol. The topological polar surface area (TPSA) is 35.5 Å². The highest BCUT2D eigenvalue weighted by atomic mass is 19.1. The maximum absolute atomic E-state index is 14.0. The van der Waals surface area contributed by atoms with Crippen molar-refractivity contribution in [3.8, 4) is 22.6 Å². The summed E-state index contributed by atoms with van der Waals surface area (Å²) in [4.78, 5) is 11.6. The molecule has 0 aliphatic rings. The zero-order valence-electron chi connectivity index (χ0n) is 11.6. The molecule has 0 aliphatic carbocycles. The summed E-state index contributed by atoms with van der Waals surface area (Å²) >= 11 is 0. The molecule has 2 aromatic rings. The monoisotopic (exact) mass is 274 g/mol. The van der Waals surface area contributed by atoms with E-state index in [1.807, 2.05) is 0 Å². The van der Waals surface area contributed by atoms with Crippen molar-refractivity contribution in [2.24, 2.45) is 0 Å². The first kappa shape index (κ1) is 14.1. The summed E-state index contributed by atoms with van der Waals surface area (Å²) in [6.45, 7) is 1.45. The van der Waals surface area contributed by atoms with Crippen molar-refractivity contribution in [2.75, 3.05) is 14.2 Å². The van der Waals surface area contributed by atoms with E-state index in [4.69, 9.17) is 9.47 Å². The molecular formula is C16H15FO3. The highest BCUT2D eigenvalue weighted by Gasteiger charge is 2.17. The van der Waals surface area contributed by atoms with E-state index in [0.717, 1.165) is 0 Å². The number of benzene rings is 2. The molecule has 0 radical (unpaired) electrons. The van der Waals surface area contributed by atoms with Gasteiger partial charge in [0, 0.05) is 16.7 Å². The number of hydrogen-bond acceptors (Lipinski definition) is 3. The lowest BCUT2D eigenvalue weighted by Crippen LogP contribution is -1.99. The molecular weight excluding hydrogens is 259 g/mol. The van der Waals surface area contributed by atoms with Gasteiger partial charge in [-0.25, -0.2) is 4.39 Å². The Hall–Kier alpha value is -2.36. The highest BCUT2D eigenvalue weighted by molar-refractivity contribution is 5.97. The van der Waals surface area contributed by atoms with Gasteiger partial charge in [-0.1, -0.05) is 18.2 Å². The first-order chi connectivity index (χ1) is 9.58. The van der Waals surface area contributed by atoms with Gasteiger partial charge >= 0.3 is 0 Å². The molecule has 4 heteroatoms. The van der Waals surface area contributed by atoms with Crippen LogP contribution in [0.15, 0.2) is 36.4 Å². The Balaban J connectivity index is 2.76. The van der Waals surface area contributed by atoms with Crippen LogP contribution in [0.3, 0.4) is 0 Å². The Morgan fingerprint density at radius 2 is 1.75 bits per heavy atom. The van der Waals surface area contributed by atoms with Gasteiger partial charge in [-0.2, -0.15) is 0 Å². The fourth-order valence-corrected chi connectivity index (χ4v) is 2.05. The molecule has 0 saturated carbocycles. The van der Waals surface area contributed by atoms with Crippen molar-refractivity contribution >= 4 is 5.78 Å². The first-order valence-electron chi connectivity index (χ1n) is 6.10. The van der Waals surface area contributed by atoms with Crippen molar-refractivity contribution in [1.82, 2.24) is 0 Å². The second-order valence-corrected chi connectivity index (χ2v) is 4.30. The smallest absolute Gasteiger partial charge is 0.168 e. The van der Waals surface area contributed by atoms with Crippen molar-refractivity contribution in [3.05, 3.63) is 47.8 Å². The molecule has 0 N–H and O–H groups in total. The maximum Gasteiger partial charge on any atom is 0.168 e. The molecule has 2 rings (SSSR count). The van der Waals surface area contributed by atoms with Crippen LogP contribution in [0.1, 0.15) is 17.3 Å². The van der Waals surface area contributed by atoms with Crippen LogP contribution < -0.4 is 9.47 Å². The Morgan fingerprint density at radius 3 is 2.30 bits per heavy atom. The van der Waals surface area contributed by atoms with Gasteiger partial charge in [0.1, 0.15) is 5.82 Å². The van der Waals surface area contributed by atoms with Gasteiger partial charge in [-0.3, -0.25) is 4.79 Å². The third kappa shape index (κ3) is 2.50.